The van der Waals surface area contributed by atoms with Gasteiger partial charge in [-0.25, -0.2) is 4.79 Å². The third-order valence-electron chi connectivity index (χ3n) is 4.38. The molecule has 6 heteroatoms. The Morgan fingerprint density at radius 2 is 2.09 bits per heavy atom. The standard InChI is InChI=1S/C17H33N3O3/c1-5-19-9-10-22-15(13-19)11-18-14-7-6-8-20(12-14)16(21)23-17(2,3)4/h14-15,18H,5-13H2,1-4H3. The number of carbonyl (C=O) groups excluding carboxylic acids is 1. The van der Waals surface area contributed by atoms with Crippen molar-refractivity contribution in [3.8, 4) is 0 Å². The number of piperidine rings is 1. The van der Waals surface area contributed by atoms with Crippen LogP contribution < -0.4 is 5.32 Å². The van der Waals surface area contributed by atoms with Crippen LogP contribution in [-0.4, -0.2) is 79.5 Å². The number of carbonyl (C=O) groups is 1. The number of hydrogen-bond acceptors (Lipinski definition) is 5. The summed E-state index contributed by atoms with van der Waals surface area (Å²) < 4.78 is 11.3. The molecule has 23 heavy (non-hydrogen) atoms. The number of nitrogens with zero attached hydrogens (tertiary/aromatic N) is 2. The monoisotopic (exact) mass is 327 g/mol. The SMILES string of the molecule is CCN1CCOC(CNC2CCCN(C(=O)OC(C)(C)C)C2)C1. The van der Waals surface area contributed by atoms with E-state index < -0.39 is 5.60 Å². The fraction of sp³-hybridized carbons (Fsp3) is 0.941. The Balaban J connectivity index is 1.74. The zero-order valence-electron chi connectivity index (χ0n) is 15.1. The molecule has 0 saturated carbocycles. The molecule has 0 aromatic heterocycles. The topological polar surface area (TPSA) is 54.0 Å². The number of hydrogen-bond donors (Lipinski definition) is 1. The van der Waals surface area contributed by atoms with E-state index in [-0.39, 0.29) is 12.2 Å². The normalized spacial score (nSPS) is 27.0. The Labute approximate surface area is 140 Å². The second-order valence-electron chi connectivity index (χ2n) is 7.56. The van der Waals surface area contributed by atoms with Gasteiger partial charge in [-0.2, -0.15) is 0 Å². The van der Waals surface area contributed by atoms with Crippen molar-refractivity contribution in [1.82, 2.24) is 15.1 Å². The second kappa shape index (κ2) is 8.31. The van der Waals surface area contributed by atoms with E-state index in [0.29, 0.717) is 6.04 Å². The van der Waals surface area contributed by atoms with E-state index in [1.165, 1.54) is 0 Å². The molecule has 0 radical (unpaired) electrons. The highest BCUT2D eigenvalue weighted by atomic mass is 16.6. The number of rotatable bonds is 4. The first-order valence-corrected chi connectivity index (χ1v) is 8.92. The van der Waals surface area contributed by atoms with Gasteiger partial charge in [0.25, 0.3) is 0 Å². The lowest BCUT2D eigenvalue weighted by Gasteiger charge is -2.36. The van der Waals surface area contributed by atoms with Gasteiger partial charge in [0, 0.05) is 38.8 Å². The lowest BCUT2D eigenvalue weighted by molar-refractivity contribution is -0.0277. The van der Waals surface area contributed by atoms with Crippen molar-refractivity contribution in [2.75, 3.05) is 45.9 Å². The molecular formula is C17H33N3O3. The van der Waals surface area contributed by atoms with Gasteiger partial charge in [-0.15, -0.1) is 0 Å². The predicted octanol–water partition coefficient (Wildman–Crippen LogP) is 1.70. The van der Waals surface area contributed by atoms with Crippen LogP contribution >= 0.6 is 0 Å². The summed E-state index contributed by atoms with van der Waals surface area (Å²) >= 11 is 0. The van der Waals surface area contributed by atoms with Gasteiger partial charge in [0.15, 0.2) is 0 Å². The zero-order chi connectivity index (χ0) is 16.9. The fourth-order valence-electron chi connectivity index (χ4n) is 3.13. The number of likely N-dealkylation sites (N-methyl/N-ethyl adjacent to an activating group) is 1. The molecule has 2 unspecified atom stereocenters. The first kappa shape index (κ1) is 18.5. The number of amides is 1. The molecule has 2 fully saturated rings. The van der Waals surface area contributed by atoms with Crippen LogP contribution in [0.2, 0.25) is 0 Å². The van der Waals surface area contributed by atoms with Crippen LogP contribution in [0.15, 0.2) is 0 Å². The Hall–Kier alpha value is -0.850. The Morgan fingerprint density at radius 1 is 1.30 bits per heavy atom. The third-order valence-corrected chi connectivity index (χ3v) is 4.38. The van der Waals surface area contributed by atoms with Crippen LogP contribution in [0.3, 0.4) is 0 Å². The minimum absolute atomic E-state index is 0.199. The first-order chi connectivity index (χ1) is 10.9. The van der Waals surface area contributed by atoms with Gasteiger partial charge in [0.2, 0.25) is 0 Å². The zero-order valence-corrected chi connectivity index (χ0v) is 15.1. The molecule has 2 atom stereocenters. The number of nitrogens with one attached hydrogen (secondary N) is 1. The van der Waals surface area contributed by atoms with E-state index in [1.807, 2.05) is 25.7 Å². The Kier molecular flexibility index (Phi) is 6.68. The lowest BCUT2D eigenvalue weighted by atomic mass is 10.1. The van der Waals surface area contributed by atoms with Crippen molar-refractivity contribution in [1.29, 1.82) is 0 Å². The van der Waals surface area contributed by atoms with Crippen molar-refractivity contribution in [3.63, 3.8) is 0 Å². The molecule has 2 aliphatic rings. The average molecular weight is 327 g/mol. The van der Waals surface area contributed by atoms with Crippen molar-refractivity contribution >= 4 is 6.09 Å². The van der Waals surface area contributed by atoms with E-state index in [2.05, 4.69) is 17.1 Å². The van der Waals surface area contributed by atoms with Gasteiger partial charge in [-0.3, -0.25) is 4.90 Å². The van der Waals surface area contributed by atoms with Gasteiger partial charge < -0.3 is 19.7 Å². The number of likely N-dealkylation sites (tertiary alicyclic amines) is 1. The summed E-state index contributed by atoms with van der Waals surface area (Å²) in [4.78, 5) is 16.4. The first-order valence-electron chi connectivity index (χ1n) is 8.92. The predicted molar refractivity (Wildman–Crippen MR) is 90.7 cm³/mol. The summed E-state index contributed by atoms with van der Waals surface area (Å²) in [5, 5.41) is 3.58. The van der Waals surface area contributed by atoms with Crippen molar-refractivity contribution < 1.29 is 14.3 Å². The Morgan fingerprint density at radius 3 is 2.78 bits per heavy atom. The van der Waals surface area contributed by atoms with Gasteiger partial charge in [-0.1, -0.05) is 6.92 Å². The van der Waals surface area contributed by atoms with Crippen LogP contribution in [0.4, 0.5) is 4.79 Å². The average Bonchev–Trinajstić information content (AvgIpc) is 2.52. The molecule has 2 rings (SSSR count). The minimum atomic E-state index is -0.434. The van der Waals surface area contributed by atoms with Crippen LogP contribution in [0.5, 0.6) is 0 Å². The smallest absolute Gasteiger partial charge is 0.410 e. The van der Waals surface area contributed by atoms with Crippen LogP contribution in [-0.2, 0) is 9.47 Å². The Bertz CT molecular complexity index is 384. The van der Waals surface area contributed by atoms with Crippen LogP contribution in [0, 0.1) is 0 Å². The minimum Gasteiger partial charge on any atom is -0.444 e. The highest BCUT2D eigenvalue weighted by Gasteiger charge is 2.28. The molecule has 0 bridgehead atoms. The third kappa shape index (κ3) is 6.28. The maximum Gasteiger partial charge on any atom is 0.410 e. The van der Waals surface area contributed by atoms with E-state index in [1.54, 1.807) is 0 Å². The molecule has 0 aromatic rings. The highest BCUT2D eigenvalue weighted by molar-refractivity contribution is 5.68. The van der Waals surface area contributed by atoms with Crippen molar-refractivity contribution in [2.24, 2.45) is 0 Å². The number of morpholine rings is 1. The second-order valence-corrected chi connectivity index (χ2v) is 7.56. The molecule has 0 aromatic carbocycles. The van der Waals surface area contributed by atoms with E-state index in [4.69, 9.17) is 9.47 Å². The maximum absolute atomic E-state index is 12.2. The quantitative estimate of drug-likeness (QED) is 0.852. The van der Waals surface area contributed by atoms with E-state index in [0.717, 1.165) is 58.7 Å². The highest BCUT2D eigenvalue weighted by Crippen LogP contribution is 2.15. The molecule has 2 aliphatic heterocycles. The summed E-state index contributed by atoms with van der Waals surface area (Å²) in [6.07, 6.45) is 2.17. The maximum atomic E-state index is 12.2. The molecule has 2 heterocycles. The summed E-state index contributed by atoms with van der Waals surface area (Å²) in [5.74, 6) is 0. The van der Waals surface area contributed by atoms with Gasteiger partial charge in [0.05, 0.1) is 12.7 Å². The molecule has 1 amide bonds. The van der Waals surface area contributed by atoms with Gasteiger partial charge in [-0.05, 0) is 40.2 Å². The van der Waals surface area contributed by atoms with Crippen molar-refractivity contribution in [2.45, 2.75) is 58.3 Å². The molecule has 6 nitrogen and oxygen atoms in total. The largest absolute Gasteiger partial charge is 0.444 e. The summed E-state index contributed by atoms with van der Waals surface area (Å²) in [6.45, 7) is 14.2. The number of ether oxygens (including phenoxy) is 2. The molecule has 1 N–H and O–H groups in total. The van der Waals surface area contributed by atoms with Crippen LogP contribution in [0.1, 0.15) is 40.5 Å². The summed E-state index contributed by atoms with van der Waals surface area (Å²) in [5.41, 5.74) is -0.434. The van der Waals surface area contributed by atoms with Gasteiger partial charge >= 0.3 is 6.09 Å². The molecule has 2 saturated heterocycles. The molecule has 134 valence electrons. The summed E-state index contributed by atoms with van der Waals surface area (Å²) in [6, 6.07) is 0.330. The van der Waals surface area contributed by atoms with E-state index >= 15 is 0 Å². The summed E-state index contributed by atoms with van der Waals surface area (Å²) in [7, 11) is 0. The molecule has 0 spiro atoms. The van der Waals surface area contributed by atoms with Crippen molar-refractivity contribution in [3.05, 3.63) is 0 Å². The molecular weight excluding hydrogens is 294 g/mol. The molecule has 0 aliphatic carbocycles. The van der Waals surface area contributed by atoms with Crippen LogP contribution in [0.25, 0.3) is 0 Å². The lowest BCUT2D eigenvalue weighted by Crippen LogP contribution is -2.53. The van der Waals surface area contributed by atoms with Gasteiger partial charge in [0.1, 0.15) is 5.60 Å². The fourth-order valence-corrected chi connectivity index (χ4v) is 3.13. The van der Waals surface area contributed by atoms with E-state index in [9.17, 15) is 4.79 Å².